The summed E-state index contributed by atoms with van der Waals surface area (Å²) in [6, 6.07) is 13.4. The number of benzene rings is 2. The quantitative estimate of drug-likeness (QED) is 0.689. The maximum atomic E-state index is 12.3. The standard InChI is InChI=1S/C21H27ClN2O3/c1-15(17-6-8-18(22)9-7-17)23-21(25)14-24(2)12-11-16-5-10-19(26-3)20(13-16)27-4/h5-10,13,15H,11-12,14H2,1-4H3,(H,23,25)/p+1/t15-/m0/s1. The van der Waals surface area contributed by atoms with Crippen molar-refractivity contribution < 1.29 is 19.2 Å². The number of likely N-dealkylation sites (N-methyl/N-ethyl adjacent to an activating group) is 1. The van der Waals surface area contributed by atoms with Crippen molar-refractivity contribution in [2.75, 3.05) is 34.4 Å². The molecular weight excluding hydrogens is 364 g/mol. The summed E-state index contributed by atoms with van der Waals surface area (Å²) in [5.41, 5.74) is 2.19. The van der Waals surface area contributed by atoms with Crippen LogP contribution in [0.4, 0.5) is 0 Å². The molecule has 6 heteroatoms. The second kappa shape index (κ2) is 10.2. The number of amides is 1. The number of quaternary nitrogens is 1. The summed E-state index contributed by atoms with van der Waals surface area (Å²) in [4.78, 5) is 13.4. The summed E-state index contributed by atoms with van der Waals surface area (Å²) in [5.74, 6) is 1.47. The van der Waals surface area contributed by atoms with Gasteiger partial charge in [0, 0.05) is 11.4 Å². The van der Waals surface area contributed by atoms with Crippen LogP contribution in [0.2, 0.25) is 5.02 Å². The molecule has 2 atom stereocenters. The molecule has 1 amide bonds. The van der Waals surface area contributed by atoms with Crippen LogP contribution in [0.15, 0.2) is 42.5 Å². The molecule has 0 spiro atoms. The van der Waals surface area contributed by atoms with Gasteiger partial charge in [0.1, 0.15) is 0 Å². The van der Waals surface area contributed by atoms with Crippen LogP contribution in [0, 0.1) is 0 Å². The smallest absolute Gasteiger partial charge is 0.275 e. The molecule has 0 aliphatic heterocycles. The van der Waals surface area contributed by atoms with Gasteiger partial charge in [-0.25, -0.2) is 0 Å². The van der Waals surface area contributed by atoms with Gasteiger partial charge >= 0.3 is 0 Å². The third-order valence-corrected chi connectivity index (χ3v) is 4.75. The Hall–Kier alpha value is -2.24. The van der Waals surface area contributed by atoms with E-state index >= 15 is 0 Å². The summed E-state index contributed by atoms with van der Waals surface area (Å²) < 4.78 is 10.6. The Balaban J connectivity index is 1.81. The Kier molecular flexibility index (Phi) is 7.95. The minimum Gasteiger partial charge on any atom is -0.493 e. The summed E-state index contributed by atoms with van der Waals surface area (Å²) in [6.45, 7) is 3.24. The molecule has 146 valence electrons. The molecule has 2 aromatic rings. The number of hydrogen-bond donors (Lipinski definition) is 2. The molecule has 1 unspecified atom stereocenters. The molecule has 0 aromatic heterocycles. The van der Waals surface area contributed by atoms with Gasteiger partial charge in [0.15, 0.2) is 18.0 Å². The van der Waals surface area contributed by atoms with Crippen molar-refractivity contribution in [3.05, 3.63) is 58.6 Å². The van der Waals surface area contributed by atoms with Crippen molar-refractivity contribution in [2.45, 2.75) is 19.4 Å². The number of carbonyl (C=O) groups excluding carboxylic acids is 1. The maximum absolute atomic E-state index is 12.3. The van der Waals surface area contributed by atoms with Gasteiger partial charge in [0.2, 0.25) is 0 Å². The molecule has 0 saturated heterocycles. The molecular formula is C21H28ClN2O3+. The van der Waals surface area contributed by atoms with Gasteiger partial charge in [0.25, 0.3) is 5.91 Å². The predicted molar refractivity (Wildman–Crippen MR) is 108 cm³/mol. The van der Waals surface area contributed by atoms with E-state index in [0.29, 0.717) is 11.6 Å². The number of halogens is 1. The summed E-state index contributed by atoms with van der Waals surface area (Å²) in [7, 11) is 5.28. The van der Waals surface area contributed by atoms with Crippen molar-refractivity contribution in [2.24, 2.45) is 0 Å². The van der Waals surface area contributed by atoms with Crippen LogP contribution in [0.25, 0.3) is 0 Å². The molecule has 0 heterocycles. The Bertz CT molecular complexity index is 750. The Labute approximate surface area is 166 Å². The van der Waals surface area contributed by atoms with Crippen LogP contribution in [-0.4, -0.2) is 40.3 Å². The fourth-order valence-electron chi connectivity index (χ4n) is 2.88. The lowest BCUT2D eigenvalue weighted by atomic mass is 10.1. The zero-order valence-corrected chi connectivity index (χ0v) is 17.1. The van der Waals surface area contributed by atoms with Crippen molar-refractivity contribution in [3.63, 3.8) is 0 Å². The molecule has 5 nitrogen and oxygen atoms in total. The van der Waals surface area contributed by atoms with Gasteiger partial charge < -0.3 is 19.7 Å². The third kappa shape index (κ3) is 6.45. The van der Waals surface area contributed by atoms with E-state index in [0.717, 1.165) is 40.5 Å². The van der Waals surface area contributed by atoms with Crippen molar-refractivity contribution >= 4 is 17.5 Å². The average molecular weight is 392 g/mol. The normalized spacial score (nSPS) is 12.9. The van der Waals surface area contributed by atoms with E-state index in [1.165, 1.54) is 0 Å². The topological polar surface area (TPSA) is 52.0 Å². The van der Waals surface area contributed by atoms with E-state index in [9.17, 15) is 4.79 Å². The second-order valence-corrected chi connectivity index (χ2v) is 7.10. The molecule has 0 saturated carbocycles. The first-order valence-electron chi connectivity index (χ1n) is 9.00. The summed E-state index contributed by atoms with van der Waals surface area (Å²) >= 11 is 5.91. The Morgan fingerprint density at radius 2 is 1.78 bits per heavy atom. The van der Waals surface area contributed by atoms with Gasteiger partial charge in [-0.1, -0.05) is 29.8 Å². The minimum absolute atomic E-state index is 0.0299. The number of hydrogen-bond acceptors (Lipinski definition) is 3. The summed E-state index contributed by atoms with van der Waals surface area (Å²) in [6.07, 6.45) is 0.853. The van der Waals surface area contributed by atoms with Crippen LogP contribution in [0.3, 0.4) is 0 Å². The SMILES string of the molecule is COc1ccc(CC[NH+](C)CC(=O)N[C@@H](C)c2ccc(Cl)cc2)cc1OC. The Morgan fingerprint density at radius 1 is 1.11 bits per heavy atom. The van der Waals surface area contributed by atoms with Crippen molar-refractivity contribution in [3.8, 4) is 11.5 Å². The van der Waals surface area contributed by atoms with E-state index < -0.39 is 0 Å². The van der Waals surface area contributed by atoms with E-state index in [4.69, 9.17) is 21.1 Å². The molecule has 2 aromatic carbocycles. The number of nitrogens with one attached hydrogen (secondary N) is 2. The van der Waals surface area contributed by atoms with E-state index in [-0.39, 0.29) is 11.9 Å². The molecule has 0 bridgehead atoms. The number of rotatable bonds is 9. The lowest BCUT2D eigenvalue weighted by molar-refractivity contribution is -0.871. The van der Waals surface area contributed by atoms with Crippen LogP contribution in [-0.2, 0) is 11.2 Å². The van der Waals surface area contributed by atoms with Crippen LogP contribution < -0.4 is 19.7 Å². The first-order chi connectivity index (χ1) is 12.9. The Morgan fingerprint density at radius 3 is 2.41 bits per heavy atom. The van der Waals surface area contributed by atoms with E-state index in [1.807, 2.05) is 56.4 Å². The zero-order valence-electron chi connectivity index (χ0n) is 16.3. The highest BCUT2D eigenvalue weighted by atomic mass is 35.5. The van der Waals surface area contributed by atoms with Gasteiger partial charge in [-0.15, -0.1) is 0 Å². The first-order valence-corrected chi connectivity index (χ1v) is 9.37. The minimum atomic E-state index is -0.0478. The lowest BCUT2D eigenvalue weighted by Gasteiger charge is -2.18. The third-order valence-electron chi connectivity index (χ3n) is 4.50. The van der Waals surface area contributed by atoms with Crippen LogP contribution in [0.5, 0.6) is 11.5 Å². The highest BCUT2D eigenvalue weighted by Gasteiger charge is 2.14. The number of carbonyl (C=O) groups is 1. The monoisotopic (exact) mass is 391 g/mol. The van der Waals surface area contributed by atoms with Crippen LogP contribution >= 0.6 is 11.6 Å². The van der Waals surface area contributed by atoms with Crippen molar-refractivity contribution in [1.29, 1.82) is 0 Å². The number of ether oxygens (including phenoxy) is 2. The molecule has 0 aliphatic rings. The molecule has 2 N–H and O–H groups in total. The largest absolute Gasteiger partial charge is 0.493 e. The molecule has 0 radical (unpaired) electrons. The van der Waals surface area contributed by atoms with E-state index in [1.54, 1.807) is 14.2 Å². The molecule has 0 fully saturated rings. The fraction of sp³-hybridized carbons (Fsp3) is 0.381. The van der Waals surface area contributed by atoms with Gasteiger partial charge in [-0.05, 0) is 42.3 Å². The fourth-order valence-corrected chi connectivity index (χ4v) is 3.01. The summed E-state index contributed by atoms with van der Waals surface area (Å²) in [5, 5.41) is 3.73. The van der Waals surface area contributed by atoms with Crippen LogP contribution in [0.1, 0.15) is 24.1 Å². The first kappa shape index (κ1) is 21.1. The van der Waals surface area contributed by atoms with Gasteiger partial charge in [-0.2, -0.15) is 0 Å². The van der Waals surface area contributed by atoms with Gasteiger partial charge in [0.05, 0.1) is 33.9 Å². The highest BCUT2D eigenvalue weighted by Crippen LogP contribution is 2.27. The highest BCUT2D eigenvalue weighted by molar-refractivity contribution is 6.30. The van der Waals surface area contributed by atoms with Gasteiger partial charge in [-0.3, -0.25) is 4.79 Å². The molecule has 27 heavy (non-hydrogen) atoms. The van der Waals surface area contributed by atoms with Crippen molar-refractivity contribution in [1.82, 2.24) is 5.32 Å². The predicted octanol–water partition coefficient (Wildman–Crippen LogP) is 2.29. The maximum Gasteiger partial charge on any atom is 0.275 e. The molecule has 0 aliphatic carbocycles. The average Bonchev–Trinajstić information content (AvgIpc) is 2.66. The lowest BCUT2D eigenvalue weighted by Crippen LogP contribution is -3.10. The van der Waals surface area contributed by atoms with E-state index in [2.05, 4.69) is 5.32 Å². The zero-order chi connectivity index (χ0) is 19.8. The second-order valence-electron chi connectivity index (χ2n) is 6.66. The molecule has 2 rings (SSSR count). The number of methoxy groups -OCH3 is 2.